The van der Waals surface area contributed by atoms with Crippen LogP contribution in [0.15, 0.2) is 67.3 Å². The Labute approximate surface area is 144 Å². The predicted molar refractivity (Wildman–Crippen MR) is 97.1 cm³/mol. The largest absolute Gasteiger partial charge is 0.346 e. The first-order valence-corrected chi connectivity index (χ1v) is 8.05. The summed E-state index contributed by atoms with van der Waals surface area (Å²) < 4.78 is 1.67. The van der Waals surface area contributed by atoms with Crippen LogP contribution < -0.4 is 5.32 Å². The molecule has 25 heavy (non-hydrogen) atoms. The van der Waals surface area contributed by atoms with Crippen LogP contribution in [0.1, 0.15) is 13.0 Å². The average molecular weight is 331 g/mol. The van der Waals surface area contributed by atoms with Crippen molar-refractivity contribution in [2.75, 3.05) is 5.32 Å². The van der Waals surface area contributed by atoms with E-state index in [2.05, 4.69) is 20.4 Å². The van der Waals surface area contributed by atoms with Crippen LogP contribution in [0.2, 0.25) is 0 Å². The number of rotatable bonds is 4. The van der Waals surface area contributed by atoms with Crippen LogP contribution in [-0.2, 0) is 4.79 Å². The number of nitrogens with zero attached hydrogens (tertiary/aromatic N) is 3. The Bertz CT molecular complexity index is 1020. The van der Waals surface area contributed by atoms with Crippen molar-refractivity contribution in [3.05, 3.63) is 67.3 Å². The van der Waals surface area contributed by atoms with Crippen molar-refractivity contribution in [1.29, 1.82) is 0 Å². The van der Waals surface area contributed by atoms with Gasteiger partial charge in [-0.1, -0.05) is 18.2 Å². The number of carbonyl (C=O) groups excluding carboxylic acids is 1. The van der Waals surface area contributed by atoms with Crippen molar-refractivity contribution in [1.82, 2.24) is 19.7 Å². The maximum absolute atomic E-state index is 12.4. The second kappa shape index (κ2) is 6.24. The Balaban J connectivity index is 1.58. The number of aromatic amines is 1. The lowest BCUT2D eigenvalue weighted by Gasteiger charge is -2.12. The quantitative estimate of drug-likeness (QED) is 0.599. The van der Waals surface area contributed by atoms with Gasteiger partial charge in [0, 0.05) is 35.2 Å². The minimum atomic E-state index is -0.419. The van der Waals surface area contributed by atoms with Crippen molar-refractivity contribution in [2.45, 2.75) is 13.0 Å². The maximum atomic E-state index is 12.4. The van der Waals surface area contributed by atoms with Crippen LogP contribution in [0.4, 0.5) is 5.69 Å². The van der Waals surface area contributed by atoms with Crippen LogP contribution in [0.5, 0.6) is 0 Å². The molecule has 1 unspecified atom stereocenters. The maximum Gasteiger partial charge on any atom is 0.248 e. The summed E-state index contributed by atoms with van der Waals surface area (Å²) in [4.78, 5) is 19.8. The van der Waals surface area contributed by atoms with Crippen LogP contribution in [-0.4, -0.2) is 25.7 Å². The second-order valence-electron chi connectivity index (χ2n) is 5.84. The van der Waals surface area contributed by atoms with Gasteiger partial charge in [0.15, 0.2) is 0 Å². The van der Waals surface area contributed by atoms with Gasteiger partial charge >= 0.3 is 0 Å². The zero-order valence-electron chi connectivity index (χ0n) is 13.7. The summed E-state index contributed by atoms with van der Waals surface area (Å²) >= 11 is 0. The first kappa shape index (κ1) is 15.1. The highest BCUT2D eigenvalue weighted by Crippen LogP contribution is 2.27. The van der Waals surface area contributed by atoms with E-state index in [4.69, 9.17) is 0 Å². The SMILES string of the molecule is CC(C(=O)Nc1ccccc1)n1cc(-c2ccnc3[nH]ccc23)cn1. The minimum absolute atomic E-state index is 0.109. The Kier molecular flexibility index (Phi) is 3.78. The molecule has 4 aromatic rings. The molecule has 3 aromatic heterocycles. The third-order valence-electron chi connectivity index (χ3n) is 4.19. The molecule has 0 radical (unpaired) electrons. The number of amides is 1. The number of para-hydroxylation sites is 1. The second-order valence-corrected chi connectivity index (χ2v) is 5.84. The molecule has 0 spiro atoms. The Morgan fingerprint density at radius 2 is 2.04 bits per heavy atom. The first-order chi connectivity index (χ1) is 12.2. The molecule has 0 aliphatic rings. The van der Waals surface area contributed by atoms with Crippen LogP contribution in [0.3, 0.4) is 0 Å². The third kappa shape index (κ3) is 2.89. The van der Waals surface area contributed by atoms with Crippen LogP contribution >= 0.6 is 0 Å². The van der Waals surface area contributed by atoms with Gasteiger partial charge in [-0.05, 0) is 36.8 Å². The molecule has 2 N–H and O–H groups in total. The van der Waals surface area contributed by atoms with Gasteiger partial charge in [-0.3, -0.25) is 9.48 Å². The average Bonchev–Trinajstić information content (AvgIpc) is 3.31. The normalized spacial score (nSPS) is 12.2. The van der Waals surface area contributed by atoms with Crippen LogP contribution in [0.25, 0.3) is 22.2 Å². The zero-order chi connectivity index (χ0) is 17.2. The van der Waals surface area contributed by atoms with Gasteiger partial charge in [0.1, 0.15) is 11.7 Å². The monoisotopic (exact) mass is 331 g/mol. The van der Waals surface area contributed by atoms with Gasteiger partial charge in [0.25, 0.3) is 0 Å². The van der Waals surface area contributed by atoms with Gasteiger partial charge in [-0.2, -0.15) is 5.10 Å². The number of H-pyrrole nitrogens is 1. The van der Waals surface area contributed by atoms with E-state index in [0.29, 0.717) is 0 Å². The Hall–Kier alpha value is -3.41. The number of hydrogen-bond donors (Lipinski definition) is 2. The molecular formula is C19H17N5O. The smallest absolute Gasteiger partial charge is 0.248 e. The van der Waals surface area contributed by atoms with Gasteiger partial charge in [-0.15, -0.1) is 0 Å². The summed E-state index contributed by atoms with van der Waals surface area (Å²) in [6, 6.07) is 12.9. The molecule has 0 fully saturated rings. The number of pyridine rings is 1. The molecule has 1 atom stereocenters. The van der Waals surface area contributed by atoms with Crippen molar-refractivity contribution >= 4 is 22.6 Å². The molecule has 4 rings (SSSR count). The molecule has 0 saturated heterocycles. The topological polar surface area (TPSA) is 75.6 Å². The van der Waals surface area contributed by atoms with E-state index in [0.717, 1.165) is 27.8 Å². The standard InChI is InChI=1S/C19H17N5O/c1-13(19(25)23-15-5-3-2-4-6-15)24-12-14(11-22-24)16-7-9-20-18-17(16)8-10-21-18/h2-13H,1H3,(H,20,21)(H,23,25). The highest BCUT2D eigenvalue weighted by Gasteiger charge is 2.17. The summed E-state index contributed by atoms with van der Waals surface area (Å²) in [6.07, 6.45) is 7.28. The number of hydrogen-bond acceptors (Lipinski definition) is 3. The number of nitrogens with one attached hydrogen (secondary N) is 2. The molecule has 124 valence electrons. The fraction of sp³-hybridized carbons (Fsp3) is 0.105. The molecule has 3 heterocycles. The molecule has 0 aliphatic heterocycles. The van der Waals surface area contributed by atoms with E-state index in [9.17, 15) is 4.79 Å². The number of anilines is 1. The molecule has 0 bridgehead atoms. The zero-order valence-corrected chi connectivity index (χ0v) is 13.7. The van der Waals surface area contributed by atoms with E-state index < -0.39 is 6.04 Å². The lowest BCUT2D eigenvalue weighted by atomic mass is 10.1. The van der Waals surface area contributed by atoms with Crippen molar-refractivity contribution < 1.29 is 4.79 Å². The van der Waals surface area contributed by atoms with E-state index in [1.165, 1.54) is 0 Å². The number of fused-ring (bicyclic) bond motifs is 1. The molecule has 0 saturated carbocycles. The van der Waals surface area contributed by atoms with E-state index in [1.54, 1.807) is 17.1 Å². The number of carbonyl (C=O) groups is 1. The van der Waals surface area contributed by atoms with Crippen molar-refractivity contribution in [3.8, 4) is 11.1 Å². The number of benzene rings is 1. The van der Waals surface area contributed by atoms with Crippen LogP contribution in [0, 0.1) is 0 Å². The van der Waals surface area contributed by atoms with Gasteiger partial charge in [0.05, 0.1) is 6.20 Å². The third-order valence-corrected chi connectivity index (χ3v) is 4.19. The van der Waals surface area contributed by atoms with Gasteiger partial charge < -0.3 is 10.3 Å². The first-order valence-electron chi connectivity index (χ1n) is 8.05. The lowest BCUT2D eigenvalue weighted by molar-refractivity contribution is -0.119. The molecule has 1 aromatic carbocycles. The van der Waals surface area contributed by atoms with E-state index >= 15 is 0 Å². The van der Waals surface area contributed by atoms with E-state index in [-0.39, 0.29) is 5.91 Å². The minimum Gasteiger partial charge on any atom is -0.346 e. The molecule has 0 aliphatic carbocycles. The highest BCUT2D eigenvalue weighted by molar-refractivity contribution is 5.94. The highest BCUT2D eigenvalue weighted by atomic mass is 16.2. The fourth-order valence-electron chi connectivity index (χ4n) is 2.79. The molecule has 6 heteroatoms. The van der Waals surface area contributed by atoms with E-state index in [1.807, 2.05) is 61.8 Å². The molecule has 1 amide bonds. The summed E-state index contributed by atoms with van der Waals surface area (Å²) in [7, 11) is 0. The summed E-state index contributed by atoms with van der Waals surface area (Å²) in [5, 5.41) is 8.30. The van der Waals surface area contributed by atoms with Gasteiger partial charge in [0.2, 0.25) is 5.91 Å². The Morgan fingerprint density at radius 1 is 1.20 bits per heavy atom. The van der Waals surface area contributed by atoms with Gasteiger partial charge in [-0.25, -0.2) is 4.98 Å². The lowest BCUT2D eigenvalue weighted by Crippen LogP contribution is -2.23. The summed E-state index contributed by atoms with van der Waals surface area (Å²) in [5.41, 5.74) is 3.59. The molecule has 6 nitrogen and oxygen atoms in total. The van der Waals surface area contributed by atoms with Crippen molar-refractivity contribution in [3.63, 3.8) is 0 Å². The number of aromatic nitrogens is 4. The summed E-state index contributed by atoms with van der Waals surface area (Å²) in [5.74, 6) is -0.109. The Morgan fingerprint density at radius 3 is 2.88 bits per heavy atom. The van der Waals surface area contributed by atoms with Crippen molar-refractivity contribution in [2.24, 2.45) is 0 Å². The summed E-state index contributed by atoms with van der Waals surface area (Å²) in [6.45, 7) is 1.83. The predicted octanol–water partition coefficient (Wildman–Crippen LogP) is 3.63. The molecular weight excluding hydrogens is 314 g/mol. The fourth-order valence-corrected chi connectivity index (χ4v) is 2.79.